The summed E-state index contributed by atoms with van der Waals surface area (Å²) in [5.74, 6) is 0.594. The number of benzene rings is 2. The van der Waals surface area contributed by atoms with Gasteiger partial charge in [-0.2, -0.15) is 0 Å². The lowest BCUT2D eigenvalue weighted by Gasteiger charge is -2.10. The van der Waals surface area contributed by atoms with Crippen LogP contribution in [0.25, 0.3) is 5.69 Å². The summed E-state index contributed by atoms with van der Waals surface area (Å²) < 4.78 is 6.64. The van der Waals surface area contributed by atoms with Crippen molar-refractivity contribution in [3.8, 4) is 11.4 Å². The summed E-state index contributed by atoms with van der Waals surface area (Å²) in [5.41, 5.74) is 3.47. The second-order valence-electron chi connectivity index (χ2n) is 6.24. The van der Waals surface area contributed by atoms with Crippen LogP contribution in [0, 0.1) is 13.8 Å². The van der Waals surface area contributed by atoms with E-state index in [1.54, 1.807) is 48.3 Å². The Morgan fingerprint density at radius 3 is 2.57 bits per heavy atom. The number of ether oxygens (including phenoxy) is 1. The minimum absolute atomic E-state index is 0.0885. The van der Waals surface area contributed by atoms with Gasteiger partial charge in [-0.3, -0.25) is 14.2 Å². The molecule has 0 saturated carbocycles. The number of hydrogen-bond acceptors (Lipinski definition) is 5. The Morgan fingerprint density at radius 1 is 1.14 bits per heavy atom. The molecule has 1 amide bonds. The van der Waals surface area contributed by atoms with Gasteiger partial charge in [0.05, 0.1) is 12.9 Å². The lowest BCUT2D eigenvalue weighted by Crippen LogP contribution is -2.22. The number of carbonyl (C=O) groups is 1. The Morgan fingerprint density at radius 2 is 1.89 bits per heavy atom. The van der Waals surface area contributed by atoms with E-state index in [0.717, 1.165) is 28.6 Å². The molecule has 0 radical (unpaired) electrons. The van der Waals surface area contributed by atoms with Crippen LogP contribution in [0.1, 0.15) is 11.1 Å². The van der Waals surface area contributed by atoms with Gasteiger partial charge in [-0.1, -0.05) is 17.8 Å². The Bertz CT molecular complexity index is 1050. The van der Waals surface area contributed by atoms with Crippen LogP contribution >= 0.6 is 11.8 Å². The number of nitrogens with one attached hydrogen (secondary N) is 1. The molecule has 28 heavy (non-hydrogen) atoms. The zero-order chi connectivity index (χ0) is 20.1. The van der Waals surface area contributed by atoms with Crippen LogP contribution in [0.4, 0.5) is 5.69 Å². The van der Waals surface area contributed by atoms with Gasteiger partial charge in [-0.25, -0.2) is 4.98 Å². The number of aryl methyl sites for hydroxylation is 2. The van der Waals surface area contributed by atoms with Gasteiger partial charge < -0.3 is 10.1 Å². The van der Waals surface area contributed by atoms with Crippen molar-refractivity contribution in [2.75, 3.05) is 18.2 Å². The third-order valence-corrected chi connectivity index (χ3v) is 5.25. The largest absolute Gasteiger partial charge is 0.497 e. The number of amides is 1. The lowest BCUT2D eigenvalue weighted by atomic mass is 10.1. The zero-order valence-electron chi connectivity index (χ0n) is 15.9. The summed E-state index contributed by atoms with van der Waals surface area (Å²) in [4.78, 5) is 29.1. The third kappa shape index (κ3) is 4.61. The molecule has 1 aromatic heterocycles. The van der Waals surface area contributed by atoms with Crippen LogP contribution in [-0.2, 0) is 4.79 Å². The highest BCUT2D eigenvalue weighted by Crippen LogP contribution is 2.17. The Hall–Kier alpha value is -3.06. The summed E-state index contributed by atoms with van der Waals surface area (Å²) in [5, 5.41) is 3.07. The van der Waals surface area contributed by atoms with Gasteiger partial charge in [-0.15, -0.1) is 0 Å². The van der Waals surface area contributed by atoms with E-state index < -0.39 is 0 Å². The predicted octanol–water partition coefficient (Wildman–Crippen LogP) is 3.59. The molecule has 144 valence electrons. The SMILES string of the molecule is COc1ccc(NC(=O)CSc2nccn(-c3ccc(C)c(C)c3)c2=O)cc1. The Balaban J connectivity index is 1.69. The average molecular weight is 395 g/mol. The maximum atomic E-state index is 12.7. The van der Waals surface area contributed by atoms with Crippen molar-refractivity contribution in [3.05, 3.63) is 76.3 Å². The van der Waals surface area contributed by atoms with Crippen molar-refractivity contribution in [1.82, 2.24) is 9.55 Å². The fourth-order valence-corrected chi connectivity index (χ4v) is 3.27. The van der Waals surface area contributed by atoms with Gasteiger partial charge in [-0.05, 0) is 61.4 Å². The molecule has 0 aliphatic carbocycles. The van der Waals surface area contributed by atoms with E-state index in [1.807, 2.05) is 32.0 Å². The zero-order valence-corrected chi connectivity index (χ0v) is 16.7. The molecule has 6 nitrogen and oxygen atoms in total. The first kappa shape index (κ1) is 19.7. The van der Waals surface area contributed by atoms with Gasteiger partial charge >= 0.3 is 0 Å². The summed E-state index contributed by atoms with van der Waals surface area (Å²) in [6, 6.07) is 12.9. The van der Waals surface area contributed by atoms with Crippen molar-refractivity contribution >= 4 is 23.4 Å². The van der Waals surface area contributed by atoms with E-state index in [4.69, 9.17) is 4.74 Å². The third-order valence-electron chi connectivity index (χ3n) is 4.29. The van der Waals surface area contributed by atoms with Crippen molar-refractivity contribution in [1.29, 1.82) is 0 Å². The van der Waals surface area contributed by atoms with Crippen molar-refractivity contribution in [2.24, 2.45) is 0 Å². The quantitative estimate of drug-likeness (QED) is 0.646. The minimum Gasteiger partial charge on any atom is -0.497 e. The van der Waals surface area contributed by atoms with Crippen molar-refractivity contribution in [2.45, 2.75) is 18.9 Å². The summed E-state index contributed by atoms with van der Waals surface area (Å²) in [6.07, 6.45) is 3.20. The molecule has 0 saturated heterocycles. The minimum atomic E-state index is -0.243. The van der Waals surface area contributed by atoms with Crippen LogP contribution < -0.4 is 15.6 Å². The van der Waals surface area contributed by atoms with E-state index in [0.29, 0.717) is 11.4 Å². The first-order chi connectivity index (χ1) is 13.5. The molecule has 1 N–H and O–H groups in total. The fraction of sp³-hybridized carbons (Fsp3) is 0.190. The molecule has 1 heterocycles. The first-order valence-corrected chi connectivity index (χ1v) is 9.68. The molecule has 0 unspecified atom stereocenters. The second kappa shape index (κ2) is 8.75. The van der Waals surface area contributed by atoms with Gasteiger partial charge in [0.1, 0.15) is 5.75 Å². The van der Waals surface area contributed by atoms with Crippen molar-refractivity contribution in [3.63, 3.8) is 0 Å². The molecule has 0 bridgehead atoms. The molecule has 0 spiro atoms. The van der Waals surface area contributed by atoms with Gasteiger partial charge in [0.25, 0.3) is 5.56 Å². The molecular weight excluding hydrogens is 374 g/mol. The highest BCUT2D eigenvalue weighted by Gasteiger charge is 2.11. The highest BCUT2D eigenvalue weighted by molar-refractivity contribution is 7.99. The molecule has 2 aromatic carbocycles. The van der Waals surface area contributed by atoms with E-state index in [1.165, 1.54) is 0 Å². The molecule has 7 heteroatoms. The fourth-order valence-electron chi connectivity index (χ4n) is 2.58. The van der Waals surface area contributed by atoms with Crippen LogP contribution in [0.3, 0.4) is 0 Å². The van der Waals surface area contributed by atoms with E-state index >= 15 is 0 Å². The highest BCUT2D eigenvalue weighted by atomic mass is 32.2. The molecule has 0 aliphatic heterocycles. The lowest BCUT2D eigenvalue weighted by molar-refractivity contribution is -0.113. The summed E-state index contributed by atoms with van der Waals surface area (Å²) >= 11 is 1.12. The number of rotatable bonds is 6. The number of hydrogen-bond donors (Lipinski definition) is 1. The topological polar surface area (TPSA) is 73.2 Å². The predicted molar refractivity (Wildman–Crippen MR) is 112 cm³/mol. The number of methoxy groups -OCH3 is 1. The second-order valence-corrected chi connectivity index (χ2v) is 7.21. The Kier molecular flexibility index (Phi) is 6.16. The normalized spacial score (nSPS) is 10.5. The number of thioether (sulfide) groups is 1. The maximum Gasteiger partial charge on any atom is 0.287 e. The van der Waals surface area contributed by atoms with Crippen LogP contribution in [0.5, 0.6) is 5.75 Å². The number of aromatic nitrogens is 2. The summed E-state index contributed by atoms with van der Waals surface area (Å²) in [6.45, 7) is 4.03. The maximum absolute atomic E-state index is 12.7. The van der Waals surface area contributed by atoms with Gasteiger partial charge in [0, 0.05) is 23.8 Å². The van der Waals surface area contributed by atoms with E-state index in [-0.39, 0.29) is 22.2 Å². The van der Waals surface area contributed by atoms with Gasteiger partial charge in [0.15, 0.2) is 5.03 Å². The van der Waals surface area contributed by atoms with Crippen LogP contribution in [0.2, 0.25) is 0 Å². The summed E-state index contributed by atoms with van der Waals surface area (Å²) in [7, 11) is 1.59. The molecular formula is C21H21N3O3S. The molecule has 3 rings (SSSR count). The van der Waals surface area contributed by atoms with Crippen LogP contribution in [0.15, 0.2) is 64.7 Å². The Labute approximate surface area is 167 Å². The van der Waals surface area contributed by atoms with Crippen LogP contribution in [-0.4, -0.2) is 28.3 Å². The van der Waals surface area contributed by atoms with Crippen molar-refractivity contribution < 1.29 is 9.53 Å². The standard InChI is InChI=1S/C21H21N3O3S/c1-14-4-7-17(12-15(14)2)24-11-10-22-20(21(24)26)28-13-19(25)23-16-5-8-18(27-3)9-6-16/h4-12H,13H2,1-3H3,(H,23,25). The average Bonchev–Trinajstić information content (AvgIpc) is 2.70. The first-order valence-electron chi connectivity index (χ1n) is 8.70. The molecule has 0 aliphatic rings. The number of nitrogens with zero attached hydrogens (tertiary/aromatic N) is 2. The molecule has 0 atom stereocenters. The van der Waals surface area contributed by atoms with E-state index in [9.17, 15) is 9.59 Å². The van der Waals surface area contributed by atoms with Gasteiger partial charge in [0.2, 0.25) is 5.91 Å². The molecule has 3 aromatic rings. The molecule has 0 fully saturated rings. The van der Waals surface area contributed by atoms with E-state index in [2.05, 4.69) is 10.3 Å². The smallest absolute Gasteiger partial charge is 0.287 e. The number of carbonyl (C=O) groups excluding carboxylic acids is 1. The monoisotopic (exact) mass is 395 g/mol. The number of anilines is 1.